The van der Waals surface area contributed by atoms with Crippen LogP contribution in [0.25, 0.3) is 87.6 Å². The Hall–Kier alpha value is -6.18. The molecule has 0 spiro atoms. The van der Waals surface area contributed by atoms with Crippen LogP contribution in [0.5, 0.6) is 11.5 Å². The van der Waals surface area contributed by atoms with Gasteiger partial charge in [0.2, 0.25) is 0 Å². The van der Waals surface area contributed by atoms with Gasteiger partial charge in [0.05, 0.1) is 0 Å². The second-order valence-corrected chi connectivity index (χ2v) is 12.4. The van der Waals surface area contributed by atoms with Crippen LogP contribution in [0.3, 0.4) is 0 Å². The van der Waals surface area contributed by atoms with E-state index in [9.17, 15) is 0 Å². The lowest BCUT2D eigenvalue weighted by atomic mass is 9.82. The lowest BCUT2D eigenvalue weighted by molar-refractivity contribution is 0.487. The second-order valence-electron chi connectivity index (χ2n) is 12.4. The van der Waals surface area contributed by atoms with Gasteiger partial charge in [-0.3, -0.25) is 0 Å². The summed E-state index contributed by atoms with van der Waals surface area (Å²) in [7, 11) is 0. The van der Waals surface area contributed by atoms with Gasteiger partial charge < -0.3 is 4.74 Å². The highest BCUT2D eigenvalue weighted by Gasteiger charge is 2.24. The smallest absolute Gasteiger partial charge is 0.135 e. The summed E-state index contributed by atoms with van der Waals surface area (Å²) in [6.07, 6.45) is 0. The molecule has 10 rings (SSSR count). The molecule has 0 saturated carbocycles. The summed E-state index contributed by atoms with van der Waals surface area (Å²) in [5.74, 6) is 1.82. The molecule has 0 radical (unpaired) electrons. The molecule has 0 aliphatic carbocycles. The molecule has 9 aromatic rings. The molecule has 0 bridgehead atoms. The van der Waals surface area contributed by atoms with E-state index in [1.807, 2.05) is 6.07 Å². The van der Waals surface area contributed by atoms with Gasteiger partial charge in [-0.2, -0.15) is 0 Å². The first-order valence-corrected chi connectivity index (χ1v) is 16.2. The van der Waals surface area contributed by atoms with Crippen LogP contribution < -0.4 is 4.74 Å². The average molecular weight is 597 g/mol. The highest BCUT2D eigenvalue weighted by molar-refractivity contribution is 6.25. The minimum absolute atomic E-state index is 0.908. The van der Waals surface area contributed by atoms with Crippen LogP contribution in [0, 0.1) is 0 Å². The van der Waals surface area contributed by atoms with Crippen LogP contribution in [-0.2, 0) is 0 Å². The molecule has 9 aromatic carbocycles. The highest BCUT2D eigenvalue weighted by Crippen LogP contribution is 2.52. The van der Waals surface area contributed by atoms with E-state index in [4.69, 9.17) is 4.74 Å². The minimum atomic E-state index is 0.908. The zero-order valence-electron chi connectivity index (χ0n) is 25.6. The standard InChI is InChI=1S/C46H28O/c1-2-15-30-29(13-1)14-11-23-31(30)32-16-3-4-18-34(32)44-36-19-5-7-21-38(36)45(39-22-8-6-20-37(39)44)41-27-28-43-46-35(24-12-25-40(41)46)33-17-9-10-26-42(33)47-43/h1-28H. The predicted octanol–water partition coefficient (Wildman–Crippen LogP) is 13.1. The average Bonchev–Trinajstić information content (AvgIpc) is 3.14. The molecule has 0 unspecified atom stereocenters. The number of benzene rings is 9. The molecule has 0 amide bonds. The summed E-state index contributed by atoms with van der Waals surface area (Å²) >= 11 is 0. The van der Waals surface area contributed by atoms with E-state index in [0.29, 0.717) is 0 Å². The maximum absolute atomic E-state index is 6.48. The monoisotopic (exact) mass is 596 g/mol. The summed E-state index contributed by atoms with van der Waals surface area (Å²) < 4.78 is 6.48. The van der Waals surface area contributed by atoms with Crippen LogP contribution in [0.4, 0.5) is 0 Å². The lowest BCUT2D eigenvalue weighted by Crippen LogP contribution is -1.98. The maximum Gasteiger partial charge on any atom is 0.135 e. The summed E-state index contributed by atoms with van der Waals surface area (Å²) in [5.41, 5.74) is 9.83. The molecule has 218 valence electrons. The summed E-state index contributed by atoms with van der Waals surface area (Å²) in [6, 6.07) is 61.5. The van der Waals surface area contributed by atoms with Crippen molar-refractivity contribution in [1.82, 2.24) is 0 Å². The van der Waals surface area contributed by atoms with Crippen molar-refractivity contribution in [1.29, 1.82) is 0 Å². The largest absolute Gasteiger partial charge is 0.456 e. The number of ether oxygens (including phenoxy) is 1. The fraction of sp³-hybridized carbons (Fsp3) is 0. The summed E-state index contributed by atoms with van der Waals surface area (Å²) in [5, 5.41) is 9.86. The van der Waals surface area contributed by atoms with E-state index < -0.39 is 0 Å². The molecule has 1 heteroatoms. The van der Waals surface area contributed by atoms with E-state index in [1.165, 1.54) is 82.0 Å². The first kappa shape index (κ1) is 26.1. The Morgan fingerprint density at radius 1 is 0.255 bits per heavy atom. The van der Waals surface area contributed by atoms with Crippen molar-refractivity contribution in [3.8, 4) is 56.0 Å². The Bertz CT molecular complexity index is 2650. The zero-order valence-corrected chi connectivity index (χ0v) is 25.6. The molecule has 1 aliphatic heterocycles. The van der Waals surface area contributed by atoms with Crippen molar-refractivity contribution in [2.45, 2.75) is 0 Å². The van der Waals surface area contributed by atoms with Gasteiger partial charge in [-0.05, 0) is 94.8 Å². The molecule has 1 heterocycles. The van der Waals surface area contributed by atoms with Crippen molar-refractivity contribution in [2.75, 3.05) is 0 Å². The molecular weight excluding hydrogens is 569 g/mol. The van der Waals surface area contributed by atoms with E-state index >= 15 is 0 Å². The van der Waals surface area contributed by atoms with Gasteiger partial charge in [0.15, 0.2) is 0 Å². The Balaban J connectivity index is 1.30. The third-order valence-electron chi connectivity index (χ3n) is 9.88. The first-order valence-electron chi connectivity index (χ1n) is 16.2. The molecular formula is C46H28O. The molecule has 0 fully saturated rings. The number of hydrogen-bond acceptors (Lipinski definition) is 1. The van der Waals surface area contributed by atoms with Gasteiger partial charge in [-0.25, -0.2) is 0 Å². The normalized spacial score (nSPS) is 12.0. The number of fused-ring (bicyclic) bond motifs is 5. The molecule has 1 aliphatic rings. The molecule has 1 nitrogen and oxygen atoms in total. The quantitative estimate of drug-likeness (QED) is 0.184. The summed E-state index contributed by atoms with van der Waals surface area (Å²) in [4.78, 5) is 0. The van der Waals surface area contributed by atoms with Gasteiger partial charge in [0.1, 0.15) is 11.5 Å². The van der Waals surface area contributed by atoms with Gasteiger partial charge in [0.25, 0.3) is 0 Å². The van der Waals surface area contributed by atoms with Crippen LogP contribution in [0.2, 0.25) is 0 Å². The van der Waals surface area contributed by atoms with Crippen LogP contribution in [-0.4, -0.2) is 0 Å². The van der Waals surface area contributed by atoms with Crippen molar-refractivity contribution in [2.24, 2.45) is 0 Å². The first-order chi connectivity index (χ1) is 23.3. The number of hydrogen-bond donors (Lipinski definition) is 0. The third kappa shape index (κ3) is 3.84. The van der Waals surface area contributed by atoms with Crippen LogP contribution in [0.1, 0.15) is 0 Å². The van der Waals surface area contributed by atoms with Crippen molar-refractivity contribution >= 4 is 43.1 Å². The Morgan fingerprint density at radius 3 is 1.49 bits per heavy atom. The predicted molar refractivity (Wildman–Crippen MR) is 198 cm³/mol. The zero-order chi connectivity index (χ0) is 30.9. The van der Waals surface area contributed by atoms with Crippen LogP contribution in [0.15, 0.2) is 170 Å². The van der Waals surface area contributed by atoms with E-state index in [0.717, 1.165) is 17.1 Å². The van der Waals surface area contributed by atoms with Gasteiger partial charge >= 0.3 is 0 Å². The van der Waals surface area contributed by atoms with Crippen molar-refractivity contribution < 1.29 is 4.74 Å². The fourth-order valence-corrected chi connectivity index (χ4v) is 7.90. The molecule has 47 heavy (non-hydrogen) atoms. The highest BCUT2D eigenvalue weighted by atomic mass is 16.5. The van der Waals surface area contributed by atoms with Crippen molar-refractivity contribution in [3.63, 3.8) is 0 Å². The topological polar surface area (TPSA) is 9.23 Å². The van der Waals surface area contributed by atoms with E-state index in [-0.39, 0.29) is 0 Å². The van der Waals surface area contributed by atoms with Gasteiger partial charge in [0, 0.05) is 10.9 Å². The number of rotatable bonds is 3. The SMILES string of the molecule is c1ccc2c(c1)Oc1ccc(-c3c4ccccc4c(-c4ccccc4-c4cccc5ccccc45)c4ccccc34)c3cccc-2c13. The Labute approximate surface area is 272 Å². The molecule has 0 aromatic heterocycles. The van der Waals surface area contributed by atoms with E-state index in [2.05, 4.69) is 164 Å². The number of para-hydroxylation sites is 1. The maximum atomic E-state index is 6.48. The minimum Gasteiger partial charge on any atom is -0.456 e. The molecule has 0 N–H and O–H groups in total. The van der Waals surface area contributed by atoms with Gasteiger partial charge in [-0.15, -0.1) is 0 Å². The molecule has 0 atom stereocenters. The van der Waals surface area contributed by atoms with Crippen LogP contribution >= 0.6 is 0 Å². The molecule has 0 saturated heterocycles. The fourth-order valence-electron chi connectivity index (χ4n) is 7.90. The second kappa shape index (κ2) is 10.2. The Morgan fingerprint density at radius 2 is 0.745 bits per heavy atom. The third-order valence-corrected chi connectivity index (χ3v) is 9.88. The van der Waals surface area contributed by atoms with E-state index in [1.54, 1.807) is 0 Å². The Kier molecular flexibility index (Phi) is 5.64. The van der Waals surface area contributed by atoms with Crippen molar-refractivity contribution in [3.05, 3.63) is 170 Å². The van der Waals surface area contributed by atoms with Gasteiger partial charge in [-0.1, -0.05) is 152 Å². The summed E-state index contributed by atoms with van der Waals surface area (Å²) in [6.45, 7) is 0. The lowest BCUT2D eigenvalue weighted by Gasteiger charge is -2.24.